The van der Waals surface area contributed by atoms with E-state index in [1.807, 2.05) is 0 Å². The van der Waals surface area contributed by atoms with Gasteiger partial charge in [-0.25, -0.2) is 23.1 Å². The van der Waals surface area contributed by atoms with Crippen LogP contribution in [0.4, 0.5) is 17.3 Å². The van der Waals surface area contributed by atoms with Gasteiger partial charge in [0.1, 0.15) is 18.1 Å². The fraction of sp³-hybridized carbons (Fsp3) is 0.125. The molecule has 1 amide bonds. The van der Waals surface area contributed by atoms with E-state index < -0.39 is 20.9 Å². The van der Waals surface area contributed by atoms with Gasteiger partial charge in [-0.2, -0.15) is 0 Å². The summed E-state index contributed by atoms with van der Waals surface area (Å²) in [6.45, 7) is 3.48. The van der Waals surface area contributed by atoms with Gasteiger partial charge in [0.25, 0.3) is 21.6 Å². The lowest BCUT2D eigenvalue weighted by molar-refractivity contribution is -0.384. The number of hydrogen-bond donors (Lipinski definition) is 2. The van der Waals surface area contributed by atoms with Crippen molar-refractivity contribution in [3.63, 3.8) is 0 Å². The molecule has 0 aliphatic carbocycles. The second-order valence-electron chi connectivity index (χ2n) is 7.86. The van der Waals surface area contributed by atoms with Crippen LogP contribution in [0.5, 0.6) is 5.75 Å². The molecule has 2 heterocycles. The van der Waals surface area contributed by atoms with Gasteiger partial charge in [0.05, 0.1) is 9.82 Å². The van der Waals surface area contributed by atoms with Crippen molar-refractivity contribution in [1.29, 1.82) is 0 Å². The lowest BCUT2D eigenvalue weighted by Crippen LogP contribution is -2.16. The molecule has 12 nitrogen and oxygen atoms in total. The van der Waals surface area contributed by atoms with Crippen LogP contribution in [0.3, 0.4) is 0 Å². The Hall–Kier alpha value is -4.78. The molecule has 0 spiro atoms. The summed E-state index contributed by atoms with van der Waals surface area (Å²) in [6, 6.07) is 15.9. The number of carbonyl (C=O) groups excluding carboxylic acids is 1. The Morgan fingerprint density at radius 1 is 1.00 bits per heavy atom. The van der Waals surface area contributed by atoms with Crippen molar-refractivity contribution in [2.24, 2.45) is 0 Å². The van der Waals surface area contributed by atoms with Crippen LogP contribution in [0.15, 0.2) is 76.0 Å². The molecule has 190 valence electrons. The molecule has 0 bridgehead atoms. The van der Waals surface area contributed by atoms with Gasteiger partial charge in [0, 0.05) is 29.2 Å². The van der Waals surface area contributed by atoms with Crippen molar-refractivity contribution in [2.75, 3.05) is 10.0 Å². The molecule has 0 aliphatic rings. The number of ether oxygens (including phenoxy) is 1. The average Bonchev–Trinajstić information content (AvgIpc) is 3.32. The summed E-state index contributed by atoms with van der Waals surface area (Å²) in [4.78, 5) is 30.9. The van der Waals surface area contributed by atoms with Gasteiger partial charge >= 0.3 is 0 Å². The Kier molecular flexibility index (Phi) is 7.15. The van der Waals surface area contributed by atoms with E-state index in [0.29, 0.717) is 28.6 Å². The monoisotopic (exact) mass is 523 g/mol. The number of anilines is 2. The third kappa shape index (κ3) is 6.46. The first-order valence-corrected chi connectivity index (χ1v) is 12.3. The fourth-order valence-corrected chi connectivity index (χ4v) is 4.20. The number of furan rings is 1. The Morgan fingerprint density at radius 3 is 2.27 bits per heavy atom. The quantitative estimate of drug-likeness (QED) is 0.241. The summed E-state index contributed by atoms with van der Waals surface area (Å²) >= 11 is 0. The van der Waals surface area contributed by atoms with E-state index in [0.717, 1.165) is 0 Å². The number of hydrogen-bond acceptors (Lipinski definition) is 9. The third-order valence-electron chi connectivity index (χ3n) is 4.94. The van der Waals surface area contributed by atoms with Crippen molar-refractivity contribution in [2.45, 2.75) is 25.3 Å². The van der Waals surface area contributed by atoms with Gasteiger partial charge < -0.3 is 14.5 Å². The number of amides is 1. The maximum Gasteiger partial charge on any atom is 0.291 e. The number of non-ortho nitro benzene ring substituents is 1. The zero-order chi connectivity index (χ0) is 26.6. The number of sulfonamides is 1. The van der Waals surface area contributed by atoms with Crippen LogP contribution in [0, 0.1) is 24.0 Å². The minimum absolute atomic E-state index is 0.00876. The summed E-state index contributed by atoms with van der Waals surface area (Å²) in [5.74, 6) is 0.221. The molecule has 0 saturated heterocycles. The zero-order valence-electron chi connectivity index (χ0n) is 19.7. The molecule has 4 aromatic rings. The van der Waals surface area contributed by atoms with E-state index in [1.54, 1.807) is 26.0 Å². The number of rotatable bonds is 9. The van der Waals surface area contributed by atoms with Crippen LogP contribution >= 0.6 is 0 Å². The molecule has 13 heteroatoms. The number of benzene rings is 2. The van der Waals surface area contributed by atoms with Crippen molar-refractivity contribution in [1.82, 2.24) is 9.97 Å². The highest BCUT2D eigenvalue weighted by molar-refractivity contribution is 7.92. The number of nitrogens with zero attached hydrogens (tertiary/aromatic N) is 3. The van der Waals surface area contributed by atoms with Gasteiger partial charge in [-0.3, -0.25) is 14.9 Å². The molecule has 0 atom stereocenters. The Bertz CT molecular complexity index is 1530. The van der Waals surface area contributed by atoms with E-state index in [-0.39, 0.29) is 28.9 Å². The smallest absolute Gasteiger partial charge is 0.291 e. The first-order chi connectivity index (χ1) is 17.6. The van der Waals surface area contributed by atoms with Crippen LogP contribution in [0.2, 0.25) is 0 Å². The Morgan fingerprint density at radius 2 is 1.65 bits per heavy atom. The van der Waals surface area contributed by atoms with Crippen LogP contribution in [-0.4, -0.2) is 29.2 Å². The second kappa shape index (κ2) is 10.5. The molecule has 4 rings (SSSR count). The zero-order valence-corrected chi connectivity index (χ0v) is 20.5. The standard InChI is InChI=1S/C24H21N5O7S/c1-15-13-16(2)26-24(25-15)28-37(33,34)21-10-3-17(4-11-21)27-23(30)22-12-9-20(36-22)14-35-19-7-5-18(6-8-19)29(31)32/h3-13H,14H2,1-2H3,(H,27,30)(H,25,26,28). The number of carbonyl (C=O) groups is 1. The average molecular weight is 524 g/mol. The van der Waals surface area contributed by atoms with E-state index in [9.17, 15) is 23.3 Å². The van der Waals surface area contributed by atoms with Crippen LogP contribution in [0.25, 0.3) is 0 Å². The number of nitrogens with one attached hydrogen (secondary N) is 2. The van der Waals surface area contributed by atoms with Gasteiger partial charge in [-0.1, -0.05) is 0 Å². The summed E-state index contributed by atoms with van der Waals surface area (Å²) in [6.07, 6.45) is 0. The number of aryl methyl sites for hydroxylation is 2. The highest BCUT2D eigenvalue weighted by Gasteiger charge is 2.17. The second-order valence-corrected chi connectivity index (χ2v) is 9.55. The lowest BCUT2D eigenvalue weighted by Gasteiger charge is -2.09. The van der Waals surface area contributed by atoms with Crippen molar-refractivity contribution in [3.05, 3.63) is 99.8 Å². The molecule has 2 N–H and O–H groups in total. The number of nitro benzene ring substituents is 1. The normalized spacial score (nSPS) is 11.1. The molecule has 0 saturated carbocycles. The Balaban J connectivity index is 1.35. The number of aromatic nitrogens is 2. The van der Waals surface area contributed by atoms with Crippen molar-refractivity contribution >= 4 is 33.3 Å². The topological polar surface area (TPSA) is 167 Å². The fourth-order valence-electron chi connectivity index (χ4n) is 3.26. The summed E-state index contributed by atoms with van der Waals surface area (Å²) < 4.78 is 38.7. The van der Waals surface area contributed by atoms with Crippen molar-refractivity contribution in [3.8, 4) is 5.75 Å². The van der Waals surface area contributed by atoms with Gasteiger partial charge in [-0.15, -0.1) is 0 Å². The molecular weight excluding hydrogens is 502 g/mol. The molecule has 0 fully saturated rings. The van der Waals surface area contributed by atoms with E-state index in [2.05, 4.69) is 20.0 Å². The molecule has 0 unspecified atom stereocenters. The summed E-state index contributed by atoms with van der Waals surface area (Å²) in [7, 11) is -3.93. The van der Waals surface area contributed by atoms with Crippen LogP contribution < -0.4 is 14.8 Å². The lowest BCUT2D eigenvalue weighted by atomic mass is 10.3. The van der Waals surface area contributed by atoms with E-state index in [4.69, 9.17) is 9.15 Å². The van der Waals surface area contributed by atoms with E-state index in [1.165, 1.54) is 54.6 Å². The summed E-state index contributed by atoms with van der Waals surface area (Å²) in [5.41, 5.74) is 1.55. The van der Waals surface area contributed by atoms with E-state index >= 15 is 0 Å². The predicted molar refractivity (Wildman–Crippen MR) is 133 cm³/mol. The van der Waals surface area contributed by atoms with Gasteiger partial charge in [0.15, 0.2) is 5.76 Å². The Labute approximate surface area is 211 Å². The van der Waals surface area contributed by atoms with Crippen molar-refractivity contribution < 1.29 is 27.3 Å². The molecule has 2 aromatic heterocycles. The van der Waals surface area contributed by atoms with Crippen LogP contribution in [-0.2, 0) is 16.6 Å². The SMILES string of the molecule is Cc1cc(C)nc(NS(=O)(=O)c2ccc(NC(=O)c3ccc(COc4ccc([N+](=O)[O-])cc4)o3)cc2)n1. The first kappa shape index (κ1) is 25.3. The van der Waals surface area contributed by atoms with Gasteiger partial charge in [0.2, 0.25) is 5.95 Å². The maximum absolute atomic E-state index is 12.7. The van der Waals surface area contributed by atoms with Gasteiger partial charge in [-0.05, 0) is 68.4 Å². The number of nitro groups is 1. The molecule has 0 aliphatic heterocycles. The highest BCUT2D eigenvalue weighted by Crippen LogP contribution is 2.21. The van der Waals surface area contributed by atoms with Crippen LogP contribution in [0.1, 0.15) is 27.7 Å². The molecular formula is C24H21N5O7S. The minimum atomic E-state index is -3.93. The largest absolute Gasteiger partial charge is 0.486 e. The molecule has 37 heavy (non-hydrogen) atoms. The maximum atomic E-state index is 12.7. The third-order valence-corrected chi connectivity index (χ3v) is 6.29. The predicted octanol–water partition coefficient (Wildman–Crippen LogP) is 4.23. The first-order valence-electron chi connectivity index (χ1n) is 10.8. The minimum Gasteiger partial charge on any atom is -0.486 e. The highest BCUT2D eigenvalue weighted by atomic mass is 32.2. The summed E-state index contributed by atoms with van der Waals surface area (Å²) in [5, 5.41) is 13.3. The molecule has 2 aromatic carbocycles. The molecule has 0 radical (unpaired) electrons.